The Bertz CT molecular complexity index is 129. The predicted molar refractivity (Wildman–Crippen MR) is 87.2 cm³/mol. The van der Waals surface area contributed by atoms with E-state index in [1.54, 1.807) is 0 Å². The third kappa shape index (κ3) is 21.4. The Morgan fingerprint density at radius 2 is 0.895 bits per heavy atom. The summed E-state index contributed by atoms with van der Waals surface area (Å²) in [4.78, 5) is 0. The Labute approximate surface area is 140 Å². The van der Waals surface area contributed by atoms with Gasteiger partial charge in [0.2, 0.25) is 0 Å². The molecule has 0 aliphatic carbocycles. The average molecular weight is 376 g/mol. The van der Waals surface area contributed by atoms with Crippen molar-refractivity contribution in [2.75, 3.05) is 6.54 Å². The van der Waals surface area contributed by atoms with Crippen LogP contribution in [-0.2, 0) is 17.1 Å². The van der Waals surface area contributed by atoms with Crippen molar-refractivity contribution >= 4 is 16.1 Å². The summed E-state index contributed by atoms with van der Waals surface area (Å²) in [7, 11) is 0. The summed E-state index contributed by atoms with van der Waals surface area (Å²) in [5, 5.41) is 0. The molecule has 3 heteroatoms. The van der Waals surface area contributed by atoms with Gasteiger partial charge in [-0.2, -0.15) is 0 Å². The molecule has 1 nitrogen and oxygen atoms in total. The van der Waals surface area contributed by atoms with Crippen molar-refractivity contribution in [3.63, 3.8) is 0 Å². The molecule has 118 valence electrons. The first-order chi connectivity index (χ1) is 8.91. The van der Waals surface area contributed by atoms with Crippen LogP contribution in [0.5, 0.6) is 0 Å². The van der Waals surface area contributed by atoms with E-state index in [0.29, 0.717) is 0 Å². The maximum atomic E-state index is 3.24. The Morgan fingerprint density at radius 3 is 1.21 bits per heavy atom. The zero-order valence-electron chi connectivity index (χ0n) is 12.8. The summed E-state index contributed by atoms with van der Waals surface area (Å²) in [6.45, 7) is 3.40. The molecule has 19 heavy (non-hydrogen) atoms. The molecular weight excluding hydrogens is 342 g/mol. The van der Waals surface area contributed by atoms with Crippen LogP contribution >= 0.6 is 16.1 Å². The van der Waals surface area contributed by atoms with Crippen LogP contribution < -0.4 is 4.34 Å². The Kier molecular flexibility index (Phi) is 24.9. The van der Waals surface area contributed by atoms with Crippen LogP contribution in [0.15, 0.2) is 0 Å². The molecule has 0 heterocycles. The van der Waals surface area contributed by atoms with Crippen LogP contribution in [0.4, 0.5) is 0 Å². The molecule has 0 fully saturated rings. The van der Waals surface area contributed by atoms with Gasteiger partial charge in [0.1, 0.15) is 0 Å². The first-order valence-corrected chi connectivity index (χ1v) is 9.04. The topological polar surface area (TPSA) is 12.0 Å². The fourth-order valence-electron chi connectivity index (χ4n) is 2.39. The molecule has 0 amide bonds. The van der Waals surface area contributed by atoms with E-state index in [9.17, 15) is 0 Å². The van der Waals surface area contributed by atoms with Crippen molar-refractivity contribution in [1.29, 1.82) is 0 Å². The molecule has 0 aromatic heterocycles. The largest absolute Gasteiger partial charge is 0.256 e. The molecule has 0 spiro atoms. The smallest absolute Gasteiger partial charge is 0.00875 e. The molecule has 0 atom stereocenters. The fraction of sp³-hybridized carbons (Fsp3) is 1.00. The second-order valence-electron chi connectivity index (χ2n) is 5.48. The summed E-state index contributed by atoms with van der Waals surface area (Å²) in [5.41, 5.74) is 0. The van der Waals surface area contributed by atoms with E-state index >= 15 is 0 Å². The van der Waals surface area contributed by atoms with Crippen molar-refractivity contribution in [3.05, 3.63) is 0 Å². The monoisotopic (exact) mass is 375 g/mol. The average Bonchev–Trinajstić information content (AvgIpc) is 2.39. The predicted octanol–water partition coefficient (Wildman–Crippen LogP) is 6.36. The van der Waals surface area contributed by atoms with Gasteiger partial charge in [-0.15, -0.1) is 0 Å². The van der Waals surface area contributed by atoms with Crippen LogP contribution in [0.25, 0.3) is 0 Å². The molecule has 0 rings (SSSR count). The minimum atomic E-state index is 0. The summed E-state index contributed by atoms with van der Waals surface area (Å²) < 4.78 is 3.02. The maximum Gasteiger partial charge on any atom is 0.00875 e. The number of hydrogen-bond donors (Lipinski definition) is 1. The number of hydrogen-bond acceptors (Lipinski definition) is 1. The molecule has 1 N–H and O–H groups in total. The van der Waals surface area contributed by atoms with Gasteiger partial charge in [0, 0.05) is 39.8 Å². The van der Waals surface area contributed by atoms with Crippen molar-refractivity contribution in [2.45, 2.75) is 96.8 Å². The molecule has 0 saturated carbocycles. The van der Waals surface area contributed by atoms with Gasteiger partial charge in [-0.25, -0.2) is 0 Å². The number of halogens is 1. The van der Waals surface area contributed by atoms with Gasteiger partial charge in [-0.05, 0) is 6.42 Å². The molecule has 0 unspecified atom stereocenters. The van der Waals surface area contributed by atoms with Crippen LogP contribution in [0, 0.1) is 0 Å². The van der Waals surface area contributed by atoms with E-state index in [-0.39, 0.29) is 17.1 Å². The quantitative estimate of drug-likeness (QED) is 0.199. The van der Waals surface area contributed by atoms with Gasteiger partial charge in [0.25, 0.3) is 0 Å². The van der Waals surface area contributed by atoms with E-state index in [1.165, 1.54) is 89.9 Å². The van der Waals surface area contributed by atoms with E-state index in [0.717, 1.165) is 6.54 Å². The first-order valence-electron chi connectivity index (χ1n) is 8.25. The van der Waals surface area contributed by atoms with Crippen molar-refractivity contribution in [1.82, 2.24) is 4.34 Å². The Morgan fingerprint density at radius 1 is 0.579 bits per heavy atom. The second-order valence-corrected chi connectivity index (χ2v) is 6.04. The van der Waals surface area contributed by atoms with Crippen LogP contribution in [-0.4, -0.2) is 6.54 Å². The van der Waals surface area contributed by atoms with Crippen molar-refractivity contribution in [2.24, 2.45) is 0 Å². The zero-order chi connectivity index (χ0) is 13.3. The molecule has 0 aromatic rings. The second kappa shape index (κ2) is 21.3. The van der Waals surface area contributed by atoms with Gasteiger partial charge < -0.3 is 0 Å². The van der Waals surface area contributed by atoms with E-state index < -0.39 is 0 Å². The van der Waals surface area contributed by atoms with Crippen molar-refractivity contribution < 1.29 is 17.1 Å². The summed E-state index contributed by atoms with van der Waals surface area (Å²) in [5.74, 6) is 0. The normalized spacial score (nSPS) is 10.4. The summed E-state index contributed by atoms with van der Waals surface area (Å²) >= 11 is 3.24. The van der Waals surface area contributed by atoms with Crippen LogP contribution in [0.2, 0.25) is 0 Å². The number of rotatable bonds is 15. The third-order valence-electron chi connectivity index (χ3n) is 3.62. The standard InChI is InChI=1S/C16H34BrN.Fe/c1-2-3-4-5-6-7-8-9-10-11-12-13-14-15-16-18-17;/h18H,2-16H2,1H3;. The SMILES string of the molecule is CCCCCCCCCCCCCCCCNBr.[Fe]. The molecule has 0 bridgehead atoms. The molecule has 0 aliphatic heterocycles. The minimum absolute atomic E-state index is 0. The zero-order valence-corrected chi connectivity index (χ0v) is 15.5. The van der Waals surface area contributed by atoms with E-state index in [1.807, 2.05) is 0 Å². The number of unbranched alkanes of at least 4 members (excludes halogenated alkanes) is 13. The van der Waals surface area contributed by atoms with Gasteiger partial charge in [-0.3, -0.25) is 4.34 Å². The minimum Gasteiger partial charge on any atom is -0.256 e. The third-order valence-corrected chi connectivity index (χ3v) is 4.02. The van der Waals surface area contributed by atoms with E-state index in [2.05, 4.69) is 27.4 Å². The van der Waals surface area contributed by atoms with Crippen LogP contribution in [0.3, 0.4) is 0 Å². The summed E-state index contributed by atoms with van der Waals surface area (Å²) in [6.07, 6.45) is 20.1. The van der Waals surface area contributed by atoms with Gasteiger partial charge in [-0.1, -0.05) is 90.4 Å². The molecule has 0 aromatic carbocycles. The first kappa shape index (κ1) is 22.2. The van der Waals surface area contributed by atoms with E-state index in [4.69, 9.17) is 0 Å². The van der Waals surface area contributed by atoms with Crippen molar-refractivity contribution in [3.8, 4) is 0 Å². The van der Waals surface area contributed by atoms with Gasteiger partial charge >= 0.3 is 0 Å². The molecular formula is C16H34BrFeN. The molecule has 0 saturated heterocycles. The Balaban J connectivity index is 0. The summed E-state index contributed by atoms with van der Waals surface area (Å²) in [6, 6.07) is 0. The van der Waals surface area contributed by atoms with Gasteiger partial charge in [0.15, 0.2) is 0 Å². The fourth-order valence-corrected chi connectivity index (χ4v) is 2.67. The maximum absolute atomic E-state index is 3.24. The molecule has 0 radical (unpaired) electrons. The Hall–Kier alpha value is 0.959. The van der Waals surface area contributed by atoms with Gasteiger partial charge in [0.05, 0.1) is 0 Å². The van der Waals surface area contributed by atoms with Crippen LogP contribution in [0.1, 0.15) is 96.8 Å². The number of nitrogens with one attached hydrogen (secondary N) is 1. The molecule has 0 aliphatic rings.